The minimum absolute atomic E-state index is 0.0434. The number of anilines is 1. The molecular weight excluding hydrogens is 338 g/mol. The average molecular weight is 361 g/mol. The summed E-state index contributed by atoms with van der Waals surface area (Å²) in [4.78, 5) is 13.3. The molecule has 3 rings (SSSR count). The molecule has 0 bridgehead atoms. The number of fused-ring (bicyclic) bond motifs is 1. The molecule has 0 saturated heterocycles. The summed E-state index contributed by atoms with van der Waals surface area (Å²) in [6.07, 6.45) is 3.38. The summed E-state index contributed by atoms with van der Waals surface area (Å²) in [6.45, 7) is -1.88. The number of quaternary nitrogens is 1. The highest BCUT2D eigenvalue weighted by atomic mass is 19.3. The molecule has 26 heavy (non-hydrogen) atoms. The van der Waals surface area contributed by atoms with Gasteiger partial charge in [-0.05, 0) is 66.8 Å². The van der Waals surface area contributed by atoms with E-state index in [0.717, 1.165) is 29.0 Å². The van der Waals surface area contributed by atoms with Crippen molar-refractivity contribution >= 4 is 11.6 Å². The van der Waals surface area contributed by atoms with Gasteiger partial charge >= 0.3 is 6.61 Å². The summed E-state index contributed by atoms with van der Waals surface area (Å²) >= 11 is 0. The van der Waals surface area contributed by atoms with Gasteiger partial charge in [-0.15, -0.1) is 0 Å². The van der Waals surface area contributed by atoms with Gasteiger partial charge in [-0.25, -0.2) is 0 Å². The van der Waals surface area contributed by atoms with E-state index < -0.39 is 6.61 Å². The van der Waals surface area contributed by atoms with Crippen LogP contribution in [0, 0.1) is 0 Å². The molecule has 0 heterocycles. The van der Waals surface area contributed by atoms with E-state index in [1.165, 1.54) is 29.7 Å². The molecule has 0 fully saturated rings. The van der Waals surface area contributed by atoms with Crippen LogP contribution >= 0.6 is 0 Å². The summed E-state index contributed by atoms with van der Waals surface area (Å²) in [7, 11) is 1.92. The van der Waals surface area contributed by atoms with Gasteiger partial charge in [-0.2, -0.15) is 8.78 Å². The number of hydrogen-bond donors (Lipinski definition) is 2. The van der Waals surface area contributed by atoms with Gasteiger partial charge in [-0.3, -0.25) is 4.79 Å². The number of carbonyl (C=O) groups is 1. The zero-order valence-corrected chi connectivity index (χ0v) is 14.7. The Morgan fingerprint density at radius 1 is 1.15 bits per heavy atom. The van der Waals surface area contributed by atoms with E-state index in [4.69, 9.17) is 0 Å². The van der Waals surface area contributed by atoms with Crippen LogP contribution in [-0.4, -0.2) is 26.1 Å². The van der Waals surface area contributed by atoms with Crippen molar-refractivity contribution in [3.63, 3.8) is 0 Å². The predicted octanol–water partition coefficient (Wildman–Crippen LogP) is 2.43. The van der Waals surface area contributed by atoms with Crippen LogP contribution in [0.2, 0.25) is 0 Å². The maximum absolute atomic E-state index is 12.3. The summed E-state index contributed by atoms with van der Waals surface area (Å²) in [5, 5.41) is 2.96. The third-order valence-electron chi connectivity index (χ3n) is 4.50. The second-order valence-electron chi connectivity index (χ2n) is 6.72. The molecule has 4 nitrogen and oxygen atoms in total. The highest BCUT2D eigenvalue weighted by Crippen LogP contribution is 2.24. The minimum Gasteiger partial charge on any atom is -0.435 e. The molecule has 1 atom stereocenters. The molecule has 2 N–H and O–H groups in total. The van der Waals surface area contributed by atoms with Crippen molar-refractivity contribution in [2.24, 2.45) is 0 Å². The monoisotopic (exact) mass is 361 g/mol. The fourth-order valence-electron chi connectivity index (χ4n) is 3.33. The van der Waals surface area contributed by atoms with Gasteiger partial charge in [0.2, 0.25) is 0 Å². The molecule has 138 valence electrons. The van der Waals surface area contributed by atoms with Gasteiger partial charge in [0.05, 0.1) is 7.05 Å². The molecular formula is C20H23F2N2O2+. The van der Waals surface area contributed by atoms with Crippen molar-refractivity contribution in [3.05, 3.63) is 59.2 Å². The topological polar surface area (TPSA) is 42.8 Å². The first-order chi connectivity index (χ1) is 12.5. The van der Waals surface area contributed by atoms with Crippen molar-refractivity contribution < 1.29 is 23.2 Å². The molecule has 2 aromatic carbocycles. The fraction of sp³-hybridized carbons (Fsp3) is 0.350. The van der Waals surface area contributed by atoms with E-state index in [1.54, 1.807) is 12.1 Å². The van der Waals surface area contributed by atoms with Gasteiger partial charge in [0.1, 0.15) is 12.3 Å². The Morgan fingerprint density at radius 2 is 1.88 bits per heavy atom. The van der Waals surface area contributed by atoms with E-state index >= 15 is 0 Å². The zero-order chi connectivity index (χ0) is 18.5. The molecule has 1 amide bonds. The summed E-state index contributed by atoms with van der Waals surface area (Å²) < 4.78 is 28.6. The first-order valence-corrected chi connectivity index (χ1v) is 8.76. The van der Waals surface area contributed by atoms with E-state index in [1.807, 2.05) is 13.1 Å². The van der Waals surface area contributed by atoms with Gasteiger partial charge in [0.25, 0.3) is 5.91 Å². The summed E-state index contributed by atoms with van der Waals surface area (Å²) in [5.74, 6) is 0.0915. The van der Waals surface area contributed by atoms with Crippen LogP contribution in [0.1, 0.15) is 23.1 Å². The number of nitrogens with one attached hydrogen (secondary N) is 2. The van der Waals surface area contributed by atoms with Crippen LogP contribution < -0.4 is 15.0 Å². The molecule has 0 aromatic heterocycles. The average Bonchev–Trinajstić information content (AvgIpc) is 3.03. The van der Waals surface area contributed by atoms with Crippen molar-refractivity contribution in [1.29, 1.82) is 0 Å². The minimum atomic E-state index is -2.82. The lowest BCUT2D eigenvalue weighted by Crippen LogP contribution is -3.08. The lowest BCUT2D eigenvalue weighted by atomic mass is 10.1. The fourth-order valence-corrected chi connectivity index (χ4v) is 3.33. The van der Waals surface area contributed by atoms with Crippen LogP contribution in [0.5, 0.6) is 5.75 Å². The largest absolute Gasteiger partial charge is 0.435 e. The van der Waals surface area contributed by atoms with Gasteiger partial charge in [0.15, 0.2) is 6.54 Å². The molecule has 1 aliphatic carbocycles. The molecule has 1 unspecified atom stereocenters. The zero-order valence-electron chi connectivity index (χ0n) is 14.7. The number of benzene rings is 2. The molecule has 6 heteroatoms. The highest BCUT2D eigenvalue weighted by Gasteiger charge is 2.14. The Hall–Kier alpha value is -2.47. The van der Waals surface area contributed by atoms with Gasteiger partial charge in [-0.1, -0.05) is 6.07 Å². The lowest BCUT2D eigenvalue weighted by Gasteiger charge is -2.14. The number of carbonyl (C=O) groups excluding carboxylic acids is 1. The van der Waals surface area contributed by atoms with Crippen molar-refractivity contribution in [2.45, 2.75) is 32.4 Å². The van der Waals surface area contributed by atoms with Crippen LogP contribution in [0.3, 0.4) is 0 Å². The SMILES string of the molecule is C[NH+](CC(=O)Nc1ccc2c(c1)CCC2)Cc1ccc(OC(F)F)cc1. The van der Waals surface area contributed by atoms with Crippen LogP contribution in [-0.2, 0) is 24.2 Å². The Labute approximate surface area is 151 Å². The third-order valence-corrected chi connectivity index (χ3v) is 4.50. The van der Waals surface area contributed by atoms with E-state index in [0.29, 0.717) is 13.1 Å². The normalized spacial score (nSPS) is 14.2. The highest BCUT2D eigenvalue weighted by molar-refractivity contribution is 5.91. The first-order valence-electron chi connectivity index (χ1n) is 8.76. The summed E-state index contributed by atoms with van der Waals surface area (Å²) in [5.41, 5.74) is 4.51. The Morgan fingerprint density at radius 3 is 2.62 bits per heavy atom. The van der Waals surface area contributed by atoms with Crippen molar-refractivity contribution in [3.8, 4) is 5.75 Å². The van der Waals surface area contributed by atoms with Crippen molar-refractivity contribution in [1.82, 2.24) is 0 Å². The smallest absolute Gasteiger partial charge is 0.387 e. The van der Waals surface area contributed by atoms with Crippen LogP contribution in [0.25, 0.3) is 0 Å². The molecule has 0 saturated carbocycles. The predicted molar refractivity (Wildman–Crippen MR) is 95.6 cm³/mol. The second-order valence-corrected chi connectivity index (χ2v) is 6.72. The number of amides is 1. The van der Waals surface area contributed by atoms with Crippen molar-refractivity contribution in [2.75, 3.05) is 18.9 Å². The Bertz CT molecular complexity index is 763. The number of hydrogen-bond acceptors (Lipinski definition) is 2. The standard InChI is InChI=1S/C20H22F2N2O2/c1-24(12-14-5-9-18(10-6-14)26-20(21)22)13-19(25)23-17-8-7-15-3-2-4-16(15)11-17/h5-11,20H,2-4,12-13H2,1H3,(H,23,25)/p+1. The number of likely N-dealkylation sites (N-methyl/N-ethyl adjacent to an activating group) is 1. The second kappa shape index (κ2) is 8.27. The number of ether oxygens (including phenoxy) is 1. The molecule has 0 aliphatic heterocycles. The maximum atomic E-state index is 12.3. The molecule has 0 radical (unpaired) electrons. The number of alkyl halides is 2. The number of halogens is 2. The van der Waals surface area contributed by atoms with E-state index in [-0.39, 0.29) is 11.7 Å². The molecule has 2 aromatic rings. The van der Waals surface area contributed by atoms with Crippen LogP contribution in [0.4, 0.5) is 14.5 Å². The van der Waals surface area contributed by atoms with E-state index in [9.17, 15) is 13.6 Å². The lowest BCUT2D eigenvalue weighted by molar-refractivity contribution is -0.885. The molecule has 1 aliphatic rings. The Kier molecular flexibility index (Phi) is 5.83. The quantitative estimate of drug-likeness (QED) is 0.796. The summed E-state index contributed by atoms with van der Waals surface area (Å²) in [6, 6.07) is 12.6. The maximum Gasteiger partial charge on any atom is 0.387 e. The van der Waals surface area contributed by atoms with Gasteiger partial charge < -0.3 is 15.0 Å². The van der Waals surface area contributed by atoms with Gasteiger partial charge in [0, 0.05) is 11.3 Å². The number of rotatable bonds is 7. The third kappa shape index (κ3) is 5.02. The first kappa shape index (κ1) is 18.3. The number of aryl methyl sites for hydroxylation is 2. The molecule has 0 spiro atoms. The van der Waals surface area contributed by atoms with E-state index in [2.05, 4.69) is 22.2 Å². The van der Waals surface area contributed by atoms with Crippen LogP contribution in [0.15, 0.2) is 42.5 Å². The Balaban J connectivity index is 1.49.